The number of carboxylic acid groups (broad SMARTS) is 1. The molecule has 1 aromatic heterocycles. The summed E-state index contributed by atoms with van der Waals surface area (Å²) in [5.41, 5.74) is 1.32. The zero-order valence-corrected chi connectivity index (χ0v) is 9.86. The standard InChI is InChI=1S/C12H17NO3/c1-4-5-11(12(15)16)13-8(2)6-10(14)7-9(13)3/h6-7,11H,4-5H2,1-3H3,(H,15,16). The van der Waals surface area contributed by atoms with Crippen LogP contribution in [0.25, 0.3) is 0 Å². The summed E-state index contributed by atoms with van der Waals surface area (Å²) in [6.45, 7) is 5.48. The third kappa shape index (κ3) is 2.51. The van der Waals surface area contributed by atoms with Crippen molar-refractivity contribution in [1.82, 2.24) is 4.57 Å². The highest BCUT2D eigenvalue weighted by atomic mass is 16.4. The highest BCUT2D eigenvalue weighted by molar-refractivity contribution is 5.72. The molecule has 4 heteroatoms. The molecule has 88 valence electrons. The Kier molecular flexibility index (Phi) is 3.88. The SMILES string of the molecule is CCCC(C(=O)O)n1c(C)cc(=O)cc1C. The van der Waals surface area contributed by atoms with Gasteiger partial charge >= 0.3 is 5.97 Å². The number of aryl methyl sites for hydroxylation is 2. The summed E-state index contributed by atoms with van der Waals surface area (Å²) in [4.78, 5) is 22.4. The summed E-state index contributed by atoms with van der Waals surface area (Å²) in [6.07, 6.45) is 1.36. The molecule has 0 aliphatic rings. The Bertz CT molecular complexity index is 422. The second kappa shape index (κ2) is 4.96. The average Bonchev–Trinajstić information content (AvgIpc) is 2.14. The Balaban J connectivity index is 3.29. The summed E-state index contributed by atoms with van der Waals surface area (Å²) in [5, 5.41) is 9.18. The summed E-state index contributed by atoms with van der Waals surface area (Å²) < 4.78 is 1.72. The van der Waals surface area contributed by atoms with E-state index in [0.29, 0.717) is 17.8 Å². The average molecular weight is 223 g/mol. The minimum Gasteiger partial charge on any atom is -0.480 e. The predicted molar refractivity (Wildman–Crippen MR) is 61.8 cm³/mol. The van der Waals surface area contributed by atoms with Crippen LogP contribution in [0.2, 0.25) is 0 Å². The van der Waals surface area contributed by atoms with Crippen LogP contribution in [0.4, 0.5) is 0 Å². The number of pyridine rings is 1. The first kappa shape index (κ1) is 12.5. The van der Waals surface area contributed by atoms with Gasteiger partial charge in [0.25, 0.3) is 0 Å². The predicted octanol–water partition coefficient (Wildman–Crippen LogP) is 1.89. The molecule has 0 aromatic carbocycles. The maximum absolute atomic E-state index is 11.3. The van der Waals surface area contributed by atoms with Gasteiger partial charge in [0.15, 0.2) is 5.43 Å². The van der Waals surface area contributed by atoms with Gasteiger partial charge in [-0.1, -0.05) is 13.3 Å². The Morgan fingerprint density at radius 1 is 1.38 bits per heavy atom. The van der Waals surface area contributed by atoms with Crippen molar-refractivity contribution in [3.05, 3.63) is 33.7 Å². The largest absolute Gasteiger partial charge is 0.480 e. The molecule has 0 fully saturated rings. The van der Waals surface area contributed by atoms with Crippen LogP contribution in [-0.4, -0.2) is 15.6 Å². The quantitative estimate of drug-likeness (QED) is 0.848. The highest BCUT2D eigenvalue weighted by Crippen LogP contribution is 2.18. The van der Waals surface area contributed by atoms with Crippen molar-refractivity contribution >= 4 is 5.97 Å². The van der Waals surface area contributed by atoms with Gasteiger partial charge in [-0.15, -0.1) is 0 Å². The molecule has 1 aromatic rings. The van der Waals surface area contributed by atoms with Crippen LogP contribution in [-0.2, 0) is 4.79 Å². The Labute approximate surface area is 94.5 Å². The van der Waals surface area contributed by atoms with E-state index in [2.05, 4.69) is 0 Å². The lowest BCUT2D eigenvalue weighted by molar-refractivity contribution is -0.141. The number of aliphatic carboxylic acids is 1. The molecule has 1 atom stereocenters. The third-order valence-electron chi connectivity index (χ3n) is 2.62. The molecular formula is C12H17NO3. The van der Waals surface area contributed by atoms with Crippen molar-refractivity contribution in [2.24, 2.45) is 0 Å². The fourth-order valence-corrected chi connectivity index (χ4v) is 2.00. The molecule has 1 N–H and O–H groups in total. The number of hydrogen-bond acceptors (Lipinski definition) is 2. The normalized spacial score (nSPS) is 12.4. The first-order valence-electron chi connectivity index (χ1n) is 5.40. The molecule has 0 radical (unpaired) electrons. The number of carbonyl (C=O) groups is 1. The maximum Gasteiger partial charge on any atom is 0.326 e. The van der Waals surface area contributed by atoms with Gasteiger partial charge in [0.1, 0.15) is 6.04 Å². The lowest BCUT2D eigenvalue weighted by Gasteiger charge is -2.21. The van der Waals surface area contributed by atoms with E-state index in [1.165, 1.54) is 12.1 Å². The molecule has 0 aliphatic carbocycles. The lowest BCUT2D eigenvalue weighted by Crippen LogP contribution is -2.24. The summed E-state index contributed by atoms with van der Waals surface area (Å²) in [7, 11) is 0. The van der Waals surface area contributed by atoms with E-state index in [1.54, 1.807) is 18.4 Å². The summed E-state index contributed by atoms with van der Waals surface area (Å²) in [5.74, 6) is -0.850. The van der Waals surface area contributed by atoms with E-state index in [-0.39, 0.29) is 5.43 Å². The molecule has 16 heavy (non-hydrogen) atoms. The fourth-order valence-electron chi connectivity index (χ4n) is 2.00. The van der Waals surface area contributed by atoms with Crippen LogP contribution in [0.1, 0.15) is 37.2 Å². The monoisotopic (exact) mass is 223 g/mol. The summed E-state index contributed by atoms with van der Waals surface area (Å²) >= 11 is 0. The lowest BCUT2D eigenvalue weighted by atomic mass is 10.1. The van der Waals surface area contributed by atoms with Gasteiger partial charge in [-0.05, 0) is 20.3 Å². The summed E-state index contributed by atoms with van der Waals surface area (Å²) in [6, 6.07) is 2.36. The van der Waals surface area contributed by atoms with Gasteiger partial charge < -0.3 is 9.67 Å². The molecule has 0 spiro atoms. The van der Waals surface area contributed by atoms with Crippen molar-refractivity contribution in [3.63, 3.8) is 0 Å². The Morgan fingerprint density at radius 3 is 2.25 bits per heavy atom. The van der Waals surface area contributed by atoms with E-state index in [4.69, 9.17) is 0 Å². The second-order valence-corrected chi connectivity index (χ2v) is 3.99. The van der Waals surface area contributed by atoms with Gasteiger partial charge in [-0.2, -0.15) is 0 Å². The van der Waals surface area contributed by atoms with E-state index < -0.39 is 12.0 Å². The zero-order chi connectivity index (χ0) is 12.3. The van der Waals surface area contributed by atoms with E-state index in [9.17, 15) is 14.7 Å². The molecule has 0 saturated carbocycles. The van der Waals surface area contributed by atoms with Gasteiger partial charge in [0, 0.05) is 23.5 Å². The van der Waals surface area contributed by atoms with Gasteiger partial charge in [0.05, 0.1) is 0 Å². The topological polar surface area (TPSA) is 59.3 Å². The molecular weight excluding hydrogens is 206 g/mol. The van der Waals surface area contributed by atoms with Crippen LogP contribution in [0.3, 0.4) is 0 Å². The van der Waals surface area contributed by atoms with Crippen LogP contribution in [0, 0.1) is 13.8 Å². The number of carboxylic acids is 1. The van der Waals surface area contributed by atoms with Crippen molar-refractivity contribution in [3.8, 4) is 0 Å². The maximum atomic E-state index is 11.3. The number of nitrogens with zero attached hydrogens (tertiary/aromatic N) is 1. The highest BCUT2D eigenvalue weighted by Gasteiger charge is 2.20. The van der Waals surface area contributed by atoms with Gasteiger partial charge in [-0.3, -0.25) is 4.79 Å². The third-order valence-corrected chi connectivity index (χ3v) is 2.62. The molecule has 0 aliphatic heterocycles. The van der Waals surface area contributed by atoms with E-state index in [0.717, 1.165) is 6.42 Å². The van der Waals surface area contributed by atoms with Crippen molar-refractivity contribution in [2.45, 2.75) is 39.7 Å². The van der Waals surface area contributed by atoms with E-state index >= 15 is 0 Å². The molecule has 1 rings (SSSR count). The number of hydrogen-bond donors (Lipinski definition) is 1. The van der Waals surface area contributed by atoms with Crippen molar-refractivity contribution < 1.29 is 9.90 Å². The van der Waals surface area contributed by atoms with Crippen molar-refractivity contribution in [1.29, 1.82) is 0 Å². The Hall–Kier alpha value is -1.58. The van der Waals surface area contributed by atoms with Crippen LogP contribution < -0.4 is 5.43 Å². The number of aromatic nitrogens is 1. The van der Waals surface area contributed by atoms with Crippen LogP contribution in [0.15, 0.2) is 16.9 Å². The molecule has 4 nitrogen and oxygen atoms in total. The molecule has 0 saturated heterocycles. The van der Waals surface area contributed by atoms with Gasteiger partial charge in [-0.25, -0.2) is 4.79 Å². The first-order valence-corrected chi connectivity index (χ1v) is 5.40. The minimum atomic E-state index is -0.850. The fraction of sp³-hybridized carbons (Fsp3) is 0.500. The number of rotatable bonds is 4. The zero-order valence-electron chi connectivity index (χ0n) is 9.86. The van der Waals surface area contributed by atoms with Crippen molar-refractivity contribution in [2.75, 3.05) is 0 Å². The van der Waals surface area contributed by atoms with Crippen LogP contribution in [0.5, 0.6) is 0 Å². The molecule has 0 bridgehead atoms. The Morgan fingerprint density at radius 2 is 1.88 bits per heavy atom. The molecule has 1 heterocycles. The van der Waals surface area contributed by atoms with E-state index in [1.807, 2.05) is 6.92 Å². The molecule has 0 amide bonds. The second-order valence-electron chi connectivity index (χ2n) is 3.99. The molecule has 1 unspecified atom stereocenters. The first-order chi connectivity index (χ1) is 7.47. The smallest absolute Gasteiger partial charge is 0.326 e. The van der Waals surface area contributed by atoms with Gasteiger partial charge in [0.2, 0.25) is 0 Å². The van der Waals surface area contributed by atoms with Crippen LogP contribution >= 0.6 is 0 Å². The minimum absolute atomic E-state index is 0.0770.